The van der Waals surface area contributed by atoms with Gasteiger partial charge in [-0.3, -0.25) is 4.79 Å². The lowest BCUT2D eigenvalue weighted by Crippen LogP contribution is -2.28. The summed E-state index contributed by atoms with van der Waals surface area (Å²) < 4.78 is 4.57. The number of carbonyl (C=O) groups excluding carboxylic acids is 2. The molecule has 0 aromatic heterocycles. The maximum absolute atomic E-state index is 11.5. The maximum Gasteiger partial charge on any atom is 0.319 e. The molecule has 20 heavy (non-hydrogen) atoms. The minimum atomic E-state index is -0.274. The highest BCUT2D eigenvalue weighted by Gasteiger charge is 2.03. The van der Waals surface area contributed by atoms with Gasteiger partial charge in [-0.1, -0.05) is 18.2 Å². The van der Waals surface area contributed by atoms with E-state index in [1.807, 2.05) is 24.3 Å². The number of benzene rings is 1. The van der Waals surface area contributed by atoms with Gasteiger partial charge in [-0.2, -0.15) is 0 Å². The van der Waals surface area contributed by atoms with E-state index in [0.717, 1.165) is 5.56 Å². The van der Waals surface area contributed by atoms with Gasteiger partial charge in [0.05, 0.1) is 12.9 Å². The van der Waals surface area contributed by atoms with E-state index in [4.69, 9.17) is 0 Å². The first-order chi connectivity index (χ1) is 9.65. The summed E-state index contributed by atoms with van der Waals surface area (Å²) in [7, 11) is 1.37. The van der Waals surface area contributed by atoms with Gasteiger partial charge in [0.15, 0.2) is 0 Å². The van der Waals surface area contributed by atoms with E-state index in [1.54, 1.807) is 6.08 Å². The first-order valence-corrected chi connectivity index (χ1v) is 7.20. The van der Waals surface area contributed by atoms with E-state index in [-0.39, 0.29) is 12.0 Å². The van der Waals surface area contributed by atoms with Gasteiger partial charge in [0.25, 0.3) is 0 Å². The number of ether oxygens (including phenoxy) is 1. The largest absolute Gasteiger partial charge is 0.468 e. The monoisotopic (exact) mass is 294 g/mol. The zero-order valence-electron chi connectivity index (χ0n) is 11.3. The van der Waals surface area contributed by atoms with Gasteiger partial charge >= 0.3 is 12.0 Å². The molecule has 0 bridgehead atoms. The minimum absolute atomic E-state index is 0.243. The van der Waals surface area contributed by atoms with E-state index >= 15 is 0 Å². The predicted octanol–water partition coefficient (Wildman–Crippen LogP) is 2.40. The molecule has 0 atom stereocenters. The van der Waals surface area contributed by atoms with Crippen LogP contribution in [0, 0.1) is 0 Å². The summed E-state index contributed by atoms with van der Waals surface area (Å²) >= 11 is 1.46. The minimum Gasteiger partial charge on any atom is -0.468 e. The van der Waals surface area contributed by atoms with Crippen LogP contribution in [0.2, 0.25) is 0 Å². The quantitative estimate of drug-likeness (QED) is 0.598. The molecule has 0 aliphatic carbocycles. The van der Waals surface area contributed by atoms with Crippen LogP contribution in [0.1, 0.15) is 5.56 Å². The summed E-state index contributed by atoms with van der Waals surface area (Å²) in [6, 6.07) is 7.21. The number of esters is 1. The third-order valence-electron chi connectivity index (χ3n) is 2.31. The van der Waals surface area contributed by atoms with Crippen molar-refractivity contribution in [1.82, 2.24) is 5.32 Å². The number of nitrogens with one attached hydrogen (secondary N) is 2. The summed E-state index contributed by atoms with van der Waals surface area (Å²) in [5.41, 5.74) is 1.74. The van der Waals surface area contributed by atoms with Crippen molar-refractivity contribution in [2.24, 2.45) is 0 Å². The molecule has 0 aliphatic heterocycles. The van der Waals surface area contributed by atoms with Crippen molar-refractivity contribution >= 4 is 29.4 Å². The Labute approximate surface area is 122 Å². The molecular weight excluding hydrogens is 276 g/mol. The second-order valence-corrected chi connectivity index (χ2v) is 4.88. The molecule has 0 saturated carbocycles. The van der Waals surface area contributed by atoms with Crippen LogP contribution in [0.15, 0.2) is 36.9 Å². The molecule has 1 rings (SSSR count). The topological polar surface area (TPSA) is 67.4 Å². The number of hydrogen-bond acceptors (Lipinski definition) is 4. The van der Waals surface area contributed by atoms with E-state index in [0.29, 0.717) is 23.7 Å². The number of thioether (sulfide) groups is 1. The first kappa shape index (κ1) is 16.1. The molecule has 108 valence electrons. The highest BCUT2D eigenvalue weighted by Crippen LogP contribution is 2.16. The van der Waals surface area contributed by atoms with Crippen molar-refractivity contribution in [3.63, 3.8) is 0 Å². The van der Waals surface area contributed by atoms with Crippen molar-refractivity contribution in [1.29, 1.82) is 0 Å². The zero-order valence-corrected chi connectivity index (χ0v) is 12.2. The Morgan fingerprint density at radius 3 is 2.95 bits per heavy atom. The SMILES string of the molecule is C=CCNC(=O)Nc1cccc(CSCC(=O)OC)c1. The second-order valence-electron chi connectivity index (χ2n) is 3.89. The van der Waals surface area contributed by atoms with Crippen LogP contribution in [0.25, 0.3) is 0 Å². The van der Waals surface area contributed by atoms with Crippen molar-refractivity contribution in [3.05, 3.63) is 42.5 Å². The molecule has 0 heterocycles. The highest BCUT2D eigenvalue weighted by atomic mass is 32.2. The van der Waals surface area contributed by atoms with Gasteiger partial charge < -0.3 is 15.4 Å². The van der Waals surface area contributed by atoms with Crippen molar-refractivity contribution in [3.8, 4) is 0 Å². The molecule has 1 aromatic rings. The van der Waals surface area contributed by atoms with Gasteiger partial charge in [0, 0.05) is 18.0 Å². The number of rotatable bonds is 7. The lowest BCUT2D eigenvalue weighted by Gasteiger charge is -2.08. The summed E-state index contributed by atoms with van der Waals surface area (Å²) in [4.78, 5) is 22.5. The van der Waals surface area contributed by atoms with E-state index in [2.05, 4.69) is 21.9 Å². The molecule has 5 nitrogen and oxygen atoms in total. The van der Waals surface area contributed by atoms with Crippen LogP contribution in [0.3, 0.4) is 0 Å². The fourth-order valence-electron chi connectivity index (χ4n) is 1.39. The molecule has 0 fully saturated rings. The van der Waals surface area contributed by atoms with Crippen LogP contribution in [0.5, 0.6) is 0 Å². The van der Waals surface area contributed by atoms with Gasteiger partial charge in [0.2, 0.25) is 0 Å². The number of hydrogen-bond donors (Lipinski definition) is 2. The normalized spacial score (nSPS) is 9.65. The van der Waals surface area contributed by atoms with Crippen molar-refractivity contribution in [2.75, 3.05) is 24.7 Å². The number of anilines is 1. The summed E-state index contributed by atoms with van der Waals surface area (Å²) in [6.45, 7) is 3.94. The van der Waals surface area contributed by atoms with E-state index < -0.39 is 0 Å². The zero-order chi connectivity index (χ0) is 14.8. The molecule has 1 aromatic carbocycles. The first-order valence-electron chi connectivity index (χ1n) is 6.05. The third-order valence-corrected chi connectivity index (χ3v) is 3.29. The molecule has 0 aliphatic rings. The molecule has 0 spiro atoms. The Morgan fingerprint density at radius 2 is 2.25 bits per heavy atom. The predicted molar refractivity (Wildman–Crippen MR) is 81.8 cm³/mol. The van der Waals surface area contributed by atoms with Crippen LogP contribution in [0.4, 0.5) is 10.5 Å². The van der Waals surface area contributed by atoms with Crippen molar-refractivity contribution < 1.29 is 14.3 Å². The highest BCUT2D eigenvalue weighted by molar-refractivity contribution is 7.99. The molecular formula is C14H18N2O3S. The molecule has 2 N–H and O–H groups in total. The van der Waals surface area contributed by atoms with Crippen LogP contribution in [-0.4, -0.2) is 31.4 Å². The second kappa shape index (κ2) is 9.03. The standard InChI is InChI=1S/C14H18N2O3S/c1-3-7-15-14(18)16-12-6-4-5-11(8-12)9-20-10-13(17)19-2/h3-6,8H,1,7,9-10H2,2H3,(H2,15,16,18). The Bertz CT molecular complexity index is 477. The fourth-order valence-corrected chi connectivity index (χ4v) is 2.19. The Morgan fingerprint density at radius 1 is 1.45 bits per heavy atom. The van der Waals surface area contributed by atoms with Crippen LogP contribution >= 0.6 is 11.8 Å². The van der Waals surface area contributed by atoms with Gasteiger partial charge in [-0.15, -0.1) is 18.3 Å². The lowest BCUT2D eigenvalue weighted by molar-refractivity contribution is -0.137. The fraction of sp³-hybridized carbons (Fsp3) is 0.286. The van der Waals surface area contributed by atoms with Crippen LogP contribution < -0.4 is 10.6 Å². The summed E-state index contributed by atoms with van der Waals surface area (Å²) in [5, 5.41) is 5.36. The van der Waals surface area contributed by atoms with Gasteiger partial charge in [0.1, 0.15) is 0 Å². The number of carbonyl (C=O) groups is 2. The van der Waals surface area contributed by atoms with Gasteiger partial charge in [-0.05, 0) is 17.7 Å². The van der Waals surface area contributed by atoms with Crippen molar-refractivity contribution in [2.45, 2.75) is 5.75 Å². The lowest BCUT2D eigenvalue weighted by atomic mass is 10.2. The molecule has 2 amide bonds. The average Bonchev–Trinajstić information content (AvgIpc) is 2.45. The molecule has 0 saturated heterocycles. The summed E-state index contributed by atoms with van der Waals surface area (Å²) in [6.07, 6.45) is 1.61. The van der Waals surface area contributed by atoms with E-state index in [1.165, 1.54) is 18.9 Å². The number of urea groups is 1. The third kappa shape index (κ3) is 6.29. The van der Waals surface area contributed by atoms with Gasteiger partial charge in [-0.25, -0.2) is 4.79 Å². The Balaban J connectivity index is 2.46. The maximum atomic E-state index is 11.5. The number of amides is 2. The average molecular weight is 294 g/mol. The van der Waals surface area contributed by atoms with Crippen LogP contribution in [-0.2, 0) is 15.3 Å². The van der Waals surface area contributed by atoms with E-state index in [9.17, 15) is 9.59 Å². The smallest absolute Gasteiger partial charge is 0.319 e. The molecule has 0 unspecified atom stereocenters. The number of methoxy groups -OCH3 is 1. The molecule has 6 heteroatoms. The Hall–Kier alpha value is -1.95. The molecule has 0 radical (unpaired) electrons. The Kier molecular flexibility index (Phi) is 7.27. The summed E-state index contributed by atoms with van der Waals surface area (Å²) in [5.74, 6) is 0.750.